The molecule has 2 aromatic rings. The molecule has 1 aromatic carbocycles. The fourth-order valence-corrected chi connectivity index (χ4v) is 2.52. The lowest BCUT2D eigenvalue weighted by Crippen LogP contribution is -2.13. The Labute approximate surface area is 157 Å². The van der Waals surface area contributed by atoms with E-state index >= 15 is 0 Å². The first kappa shape index (κ1) is 21.8. The van der Waals surface area contributed by atoms with E-state index in [1.54, 1.807) is 0 Å². The number of nitrogens with zero attached hydrogens (tertiary/aromatic N) is 3. The number of hydrogen-bond donors (Lipinski definition) is 1. The first-order chi connectivity index (χ1) is 13.1. The van der Waals surface area contributed by atoms with E-state index in [9.17, 15) is 46.6 Å². The number of nitro benzene ring substituents is 2. The molecule has 0 saturated heterocycles. The Morgan fingerprint density at radius 1 is 0.966 bits per heavy atom. The van der Waals surface area contributed by atoms with Gasteiger partial charge in [0.25, 0.3) is 5.69 Å². The van der Waals surface area contributed by atoms with Gasteiger partial charge < -0.3 is 5.32 Å². The van der Waals surface area contributed by atoms with E-state index in [0.717, 1.165) is 13.8 Å². The molecular formula is C15H10F6N4O4. The molecule has 1 aromatic heterocycles. The summed E-state index contributed by atoms with van der Waals surface area (Å²) in [6.07, 6.45) is -9.47. The van der Waals surface area contributed by atoms with E-state index in [1.807, 2.05) is 0 Å². The Bertz CT molecular complexity index is 1000. The number of pyridine rings is 1. The average molecular weight is 424 g/mol. The zero-order valence-corrected chi connectivity index (χ0v) is 14.5. The van der Waals surface area contributed by atoms with Crippen molar-refractivity contribution < 1.29 is 36.2 Å². The van der Waals surface area contributed by atoms with Crippen molar-refractivity contribution >= 4 is 22.9 Å². The minimum Gasteiger partial charge on any atom is -0.329 e. The minimum absolute atomic E-state index is 0.115. The number of hydrogen-bond acceptors (Lipinski definition) is 6. The molecule has 29 heavy (non-hydrogen) atoms. The number of aryl methyl sites for hydroxylation is 1. The third kappa shape index (κ3) is 4.35. The van der Waals surface area contributed by atoms with Crippen LogP contribution < -0.4 is 5.32 Å². The molecule has 1 N–H and O–H groups in total. The van der Waals surface area contributed by atoms with Gasteiger partial charge in [-0.1, -0.05) is 0 Å². The molecule has 1 heterocycles. The number of rotatable bonds is 4. The van der Waals surface area contributed by atoms with Gasteiger partial charge in [-0.2, -0.15) is 26.3 Å². The van der Waals surface area contributed by atoms with Crippen LogP contribution in [-0.2, 0) is 12.4 Å². The van der Waals surface area contributed by atoms with Gasteiger partial charge in [0.2, 0.25) is 0 Å². The van der Waals surface area contributed by atoms with Crippen molar-refractivity contribution in [3.8, 4) is 0 Å². The van der Waals surface area contributed by atoms with E-state index in [4.69, 9.17) is 0 Å². The lowest BCUT2D eigenvalue weighted by Gasteiger charge is -2.15. The van der Waals surface area contributed by atoms with E-state index in [1.165, 1.54) is 0 Å². The van der Waals surface area contributed by atoms with Gasteiger partial charge in [0.15, 0.2) is 5.69 Å². The normalized spacial score (nSPS) is 12.0. The summed E-state index contributed by atoms with van der Waals surface area (Å²) in [7, 11) is 0. The second-order valence-electron chi connectivity index (χ2n) is 5.82. The second-order valence-corrected chi connectivity index (χ2v) is 5.82. The molecule has 0 amide bonds. The maximum atomic E-state index is 13.1. The van der Waals surface area contributed by atoms with Crippen molar-refractivity contribution in [1.29, 1.82) is 0 Å². The van der Waals surface area contributed by atoms with Gasteiger partial charge >= 0.3 is 18.0 Å². The zero-order valence-electron chi connectivity index (χ0n) is 14.5. The van der Waals surface area contributed by atoms with Crippen LogP contribution in [0.15, 0.2) is 18.3 Å². The van der Waals surface area contributed by atoms with Crippen LogP contribution in [0.1, 0.15) is 22.3 Å². The maximum absolute atomic E-state index is 13.1. The maximum Gasteiger partial charge on any atom is 0.417 e. The molecule has 0 fully saturated rings. The Balaban J connectivity index is 2.74. The van der Waals surface area contributed by atoms with Crippen LogP contribution in [0, 0.1) is 34.1 Å². The predicted molar refractivity (Wildman–Crippen MR) is 86.7 cm³/mol. The molecule has 2 rings (SSSR count). The van der Waals surface area contributed by atoms with Gasteiger partial charge in [0.05, 0.1) is 21.0 Å². The number of nitrogens with one attached hydrogen (secondary N) is 1. The highest BCUT2D eigenvalue weighted by atomic mass is 19.4. The monoisotopic (exact) mass is 424 g/mol. The van der Waals surface area contributed by atoms with Gasteiger partial charge in [-0.05, 0) is 25.5 Å². The molecule has 0 radical (unpaired) electrons. The molecule has 0 bridgehead atoms. The zero-order chi connectivity index (χ0) is 22.3. The largest absolute Gasteiger partial charge is 0.417 e. The van der Waals surface area contributed by atoms with Crippen LogP contribution in [0.4, 0.5) is 49.2 Å². The molecule has 0 aliphatic heterocycles. The fraction of sp³-hybridized carbons (Fsp3) is 0.267. The molecule has 0 aliphatic carbocycles. The summed E-state index contributed by atoms with van der Waals surface area (Å²) in [5.74, 6) is -0.427. The average Bonchev–Trinajstić information content (AvgIpc) is 2.53. The number of benzene rings is 1. The van der Waals surface area contributed by atoms with Crippen LogP contribution in [0.3, 0.4) is 0 Å². The van der Waals surface area contributed by atoms with Crippen molar-refractivity contribution in [2.45, 2.75) is 26.2 Å². The molecule has 8 nitrogen and oxygen atoms in total. The van der Waals surface area contributed by atoms with Gasteiger partial charge in [0, 0.05) is 17.8 Å². The number of aromatic nitrogens is 1. The minimum atomic E-state index is -5.11. The molecule has 156 valence electrons. The molecular weight excluding hydrogens is 414 g/mol. The van der Waals surface area contributed by atoms with Crippen molar-refractivity contribution in [1.82, 2.24) is 4.98 Å². The number of nitro groups is 2. The first-order valence-electron chi connectivity index (χ1n) is 7.49. The van der Waals surface area contributed by atoms with Crippen LogP contribution >= 0.6 is 0 Å². The van der Waals surface area contributed by atoms with Crippen molar-refractivity contribution in [3.05, 3.63) is 60.8 Å². The summed E-state index contributed by atoms with van der Waals surface area (Å²) < 4.78 is 77.6. The van der Waals surface area contributed by atoms with Gasteiger partial charge in [-0.15, -0.1) is 0 Å². The summed E-state index contributed by atoms with van der Waals surface area (Å²) in [5, 5.41) is 24.8. The molecule has 0 saturated carbocycles. The quantitative estimate of drug-likeness (QED) is 0.405. The summed E-state index contributed by atoms with van der Waals surface area (Å²) in [4.78, 5) is 23.5. The summed E-state index contributed by atoms with van der Waals surface area (Å²) in [6, 6.07) is 0.744. The smallest absolute Gasteiger partial charge is 0.329 e. The third-order valence-electron chi connectivity index (χ3n) is 3.87. The number of alkyl halides is 6. The molecule has 0 spiro atoms. The van der Waals surface area contributed by atoms with E-state index < -0.39 is 61.8 Å². The fourth-order valence-electron chi connectivity index (χ4n) is 2.52. The summed E-state index contributed by atoms with van der Waals surface area (Å²) in [6.45, 7) is 1.89. The predicted octanol–water partition coefficient (Wildman–Crippen LogP) is 5.30. The number of anilines is 2. The van der Waals surface area contributed by atoms with Crippen molar-refractivity contribution in [3.63, 3.8) is 0 Å². The SMILES string of the molecule is Cc1cc(C(F)(F)F)cnc1Nc1c([N+](=O)[O-])cc(C(F)(F)F)c(C)c1[N+](=O)[O-]. The standard InChI is InChI=1S/C15H10F6N4O4/c1-6-3-8(14(16,17)18)5-22-13(6)23-11-10(24(26)27)4-9(15(19,20)21)7(2)12(11)25(28)29/h3-5H,1-2H3,(H,22,23). The van der Waals surface area contributed by atoms with Gasteiger partial charge in [-0.25, -0.2) is 4.98 Å². The van der Waals surface area contributed by atoms with Crippen LogP contribution in [0.25, 0.3) is 0 Å². The topological polar surface area (TPSA) is 111 Å². The highest BCUT2D eigenvalue weighted by Gasteiger charge is 2.41. The molecule has 0 atom stereocenters. The van der Waals surface area contributed by atoms with Crippen LogP contribution in [0.2, 0.25) is 0 Å². The Morgan fingerprint density at radius 3 is 1.97 bits per heavy atom. The van der Waals surface area contributed by atoms with Gasteiger partial charge in [0.1, 0.15) is 5.82 Å². The Hall–Kier alpha value is -3.45. The Kier molecular flexibility index (Phi) is 5.41. The highest BCUT2D eigenvalue weighted by molar-refractivity contribution is 5.82. The molecule has 14 heteroatoms. The Morgan fingerprint density at radius 2 is 1.55 bits per heavy atom. The van der Waals surface area contributed by atoms with E-state index in [2.05, 4.69) is 10.3 Å². The highest BCUT2D eigenvalue weighted by Crippen LogP contribution is 2.45. The molecule has 0 aliphatic rings. The lowest BCUT2D eigenvalue weighted by molar-refractivity contribution is -0.393. The van der Waals surface area contributed by atoms with Crippen LogP contribution in [0.5, 0.6) is 0 Å². The lowest BCUT2D eigenvalue weighted by atomic mass is 10.0. The molecule has 0 unspecified atom stereocenters. The summed E-state index contributed by atoms with van der Waals surface area (Å²) >= 11 is 0. The van der Waals surface area contributed by atoms with E-state index in [-0.39, 0.29) is 11.6 Å². The van der Waals surface area contributed by atoms with Crippen LogP contribution in [-0.4, -0.2) is 14.8 Å². The first-order valence-corrected chi connectivity index (χ1v) is 7.49. The van der Waals surface area contributed by atoms with E-state index in [0.29, 0.717) is 12.3 Å². The van der Waals surface area contributed by atoms with Gasteiger partial charge in [-0.3, -0.25) is 20.2 Å². The van der Waals surface area contributed by atoms with Crippen molar-refractivity contribution in [2.75, 3.05) is 5.32 Å². The number of halogens is 6. The van der Waals surface area contributed by atoms with Crippen molar-refractivity contribution in [2.24, 2.45) is 0 Å². The third-order valence-corrected chi connectivity index (χ3v) is 3.87. The summed E-state index contributed by atoms with van der Waals surface area (Å²) in [5.41, 5.74) is -7.28. The second kappa shape index (κ2) is 7.18.